The average molecular weight is 684 g/mol. The van der Waals surface area contributed by atoms with Crippen LogP contribution >= 0.6 is 0 Å². The highest BCUT2D eigenvalue weighted by atomic mass is 16.5. The lowest BCUT2D eigenvalue weighted by atomic mass is 9.67. The molecule has 0 amide bonds. The Morgan fingerprint density at radius 3 is 1.89 bits per heavy atom. The number of hydrogen-bond donors (Lipinski definition) is 0. The van der Waals surface area contributed by atoms with Crippen LogP contribution in [0, 0.1) is 0 Å². The van der Waals surface area contributed by atoms with Gasteiger partial charge in [0.15, 0.2) is 11.4 Å². The van der Waals surface area contributed by atoms with Gasteiger partial charge in [-0.25, -0.2) is 0 Å². The predicted molar refractivity (Wildman–Crippen MR) is 210 cm³/mol. The van der Waals surface area contributed by atoms with Crippen LogP contribution in [-0.2, 0) is 15.8 Å². The molecule has 1 atom stereocenters. The summed E-state index contributed by atoms with van der Waals surface area (Å²) < 4.78 is 13.3. The minimum atomic E-state index is -0.864. The van der Waals surface area contributed by atoms with Crippen LogP contribution in [0.5, 0.6) is 5.75 Å². The molecule has 4 nitrogen and oxygen atoms in total. The molecule has 0 saturated carbocycles. The van der Waals surface area contributed by atoms with Gasteiger partial charge in [0, 0.05) is 52.0 Å². The zero-order valence-electron chi connectivity index (χ0n) is 28.9. The van der Waals surface area contributed by atoms with Gasteiger partial charge in [0.05, 0.1) is 18.6 Å². The van der Waals surface area contributed by atoms with E-state index >= 15 is 0 Å². The summed E-state index contributed by atoms with van der Waals surface area (Å²) in [7, 11) is 0. The van der Waals surface area contributed by atoms with Gasteiger partial charge in [0.1, 0.15) is 5.75 Å². The van der Waals surface area contributed by atoms with E-state index in [1.807, 2.05) is 12.1 Å². The predicted octanol–water partition coefficient (Wildman–Crippen LogP) is 9.91. The Bertz CT molecular complexity index is 2700. The lowest BCUT2D eigenvalue weighted by Crippen LogP contribution is -2.37. The summed E-state index contributed by atoms with van der Waals surface area (Å²) in [6.45, 7) is 3.26. The van der Waals surface area contributed by atoms with Crippen molar-refractivity contribution < 1.29 is 14.3 Å². The summed E-state index contributed by atoms with van der Waals surface area (Å²) in [6.07, 6.45) is 4.61. The molecule has 1 spiro atoms. The number of hydrogen-bond acceptors (Lipinski definition) is 4. The van der Waals surface area contributed by atoms with Crippen molar-refractivity contribution in [3.63, 3.8) is 0 Å². The summed E-state index contributed by atoms with van der Waals surface area (Å²) in [4.78, 5) is 16.2. The molecule has 2 aliphatic heterocycles. The number of ketones is 1. The molecule has 0 N–H and O–H groups in total. The zero-order chi connectivity index (χ0) is 34.9. The van der Waals surface area contributed by atoms with Crippen LogP contribution in [0.1, 0.15) is 54.9 Å². The van der Waals surface area contributed by atoms with Crippen LogP contribution in [0.2, 0.25) is 0 Å². The minimum absolute atomic E-state index is 0.121. The van der Waals surface area contributed by atoms with Gasteiger partial charge >= 0.3 is 0 Å². The van der Waals surface area contributed by atoms with Crippen molar-refractivity contribution in [1.29, 1.82) is 0 Å². The molecule has 1 fully saturated rings. The van der Waals surface area contributed by atoms with Crippen molar-refractivity contribution in [1.82, 2.24) is 0 Å². The Morgan fingerprint density at radius 2 is 1.15 bits per heavy atom. The number of morpholine rings is 1. The van der Waals surface area contributed by atoms with Gasteiger partial charge in [0.2, 0.25) is 0 Å². The van der Waals surface area contributed by atoms with Crippen LogP contribution in [-0.4, -0.2) is 32.1 Å². The average Bonchev–Trinajstić information content (AvgIpc) is 3.83. The molecule has 7 aromatic carbocycles. The van der Waals surface area contributed by atoms with Crippen LogP contribution in [0.25, 0.3) is 39.1 Å². The van der Waals surface area contributed by atoms with E-state index in [0.29, 0.717) is 0 Å². The molecule has 7 aromatic rings. The van der Waals surface area contributed by atoms with Gasteiger partial charge in [-0.1, -0.05) is 133 Å². The molecule has 3 aliphatic carbocycles. The molecule has 0 aromatic heterocycles. The van der Waals surface area contributed by atoms with Crippen LogP contribution in [0.4, 0.5) is 5.69 Å². The molecule has 5 aliphatic rings. The Labute approximate surface area is 307 Å². The number of fused-ring (bicyclic) bond motifs is 12. The first kappa shape index (κ1) is 29.4. The molecule has 0 bridgehead atoms. The first-order valence-corrected chi connectivity index (χ1v) is 18.6. The maximum Gasteiger partial charge on any atom is 0.194 e. The van der Waals surface area contributed by atoms with E-state index in [1.165, 1.54) is 44.5 Å². The molecule has 2 heterocycles. The number of nitrogens with zero attached hydrogens (tertiary/aromatic N) is 1. The second-order valence-corrected chi connectivity index (χ2v) is 14.8. The van der Waals surface area contributed by atoms with Crippen molar-refractivity contribution in [3.8, 4) is 28.0 Å². The number of rotatable bonds is 3. The second kappa shape index (κ2) is 10.4. The number of ether oxygens (including phenoxy) is 2. The Hall–Kier alpha value is -6.23. The highest BCUT2D eigenvalue weighted by molar-refractivity contribution is 6.25. The van der Waals surface area contributed by atoms with Crippen molar-refractivity contribution in [2.24, 2.45) is 0 Å². The molecule has 1 unspecified atom stereocenters. The molecule has 252 valence electrons. The second-order valence-electron chi connectivity index (χ2n) is 14.8. The van der Waals surface area contributed by atoms with Crippen molar-refractivity contribution in [2.45, 2.75) is 11.0 Å². The molecular formula is C49H33NO3. The summed E-state index contributed by atoms with van der Waals surface area (Å²) in [5.41, 5.74) is 14.1. The Kier molecular flexibility index (Phi) is 5.78. The fourth-order valence-corrected chi connectivity index (χ4v) is 10.3. The van der Waals surface area contributed by atoms with Crippen molar-refractivity contribution in [3.05, 3.63) is 196 Å². The lowest BCUT2D eigenvalue weighted by Gasteiger charge is -2.39. The number of benzene rings is 7. The van der Waals surface area contributed by atoms with Crippen molar-refractivity contribution in [2.75, 3.05) is 31.2 Å². The molecule has 0 radical (unpaired) electrons. The third-order valence-corrected chi connectivity index (χ3v) is 12.5. The van der Waals surface area contributed by atoms with Crippen molar-refractivity contribution >= 4 is 28.3 Å². The minimum Gasteiger partial charge on any atom is -0.472 e. The lowest BCUT2D eigenvalue weighted by molar-refractivity contribution is 0.104. The van der Waals surface area contributed by atoms with Gasteiger partial charge in [-0.3, -0.25) is 4.79 Å². The number of anilines is 1. The van der Waals surface area contributed by atoms with Gasteiger partial charge in [-0.2, -0.15) is 0 Å². The quantitative estimate of drug-likeness (QED) is 0.186. The van der Waals surface area contributed by atoms with E-state index in [2.05, 4.69) is 144 Å². The third-order valence-electron chi connectivity index (χ3n) is 12.5. The van der Waals surface area contributed by atoms with E-state index in [-0.39, 0.29) is 5.78 Å². The van der Waals surface area contributed by atoms with E-state index in [4.69, 9.17) is 9.47 Å². The SMILES string of the molecule is O=C1c2cccc3c2-c2c1cccc2C31c2ccccc2-c2c1c1c(c3ccccc23)OC(c2ccccc2)(c2ccc(N3CCOCC3)cc2)C=C1. The van der Waals surface area contributed by atoms with Crippen LogP contribution in [0.3, 0.4) is 0 Å². The molecular weight excluding hydrogens is 651 g/mol. The van der Waals surface area contributed by atoms with Gasteiger partial charge < -0.3 is 14.4 Å². The summed E-state index contributed by atoms with van der Waals surface area (Å²) in [6, 6.07) is 49.8. The Balaban J connectivity index is 1.16. The first-order valence-electron chi connectivity index (χ1n) is 18.6. The monoisotopic (exact) mass is 683 g/mol. The zero-order valence-corrected chi connectivity index (χ0v) is 28.9. The number of carbonyl (C=O) groups is 1. The highest BCUT2D eigenvalue weighted by Crippen LogP contribution is 2.68. The van der Waals surface area contributed by atoms with E-state index in [1.54, 1.807) is 0 Å². The van der Waals surface area contributed by atoms with E-state index in [9.17, 15) is 4.79 Å². The normalized spacial score (nSPS) is 19.2. The number of carbonyl (C=O) groups excluding carboxylic acids is 1. The topological polar surface area (TPSA) is 38.8 Å². The summed E-state index contributed by atoms with van der Waals surface area (Å²) >= 11 is 0. The first-order chi connectivity index (χ1) is 26.2. The fraction of sp³-hybridized carbons (Fsp3) is 0.122. The largest absolute Gasteiger partial charge is 0.472 e. The van der Waals surface area contributed by atoms with Gasteiger partial charge in [-0.05, 0) is 68.1 Å². The molecule has 4 heteroatoms. The third kappa shape index (κ3) is 3.57. The summed E-state index contributed by atoms with van der Waals surface area (Å²) in [5, 5.41) is 2.26. The van der Waals surface area contributed by atoms with Crippen LogP contribution in [0.15, 0.2) is 146 Å². The smallest absolute Gasteiger partial charge is 0.194 e. The summed E-state index contributed by atoms with van der Waals surface area (Å²) in [5.74, 6) is 1.00. The van der Waals surface area contributed by atoms with Gasteiger partial charge in [-0.15, -0.1) is 0 Å². The fourth-order valence-electron chi connectivity index (χ4n) is 10.3. The molecule has 1 saturated heterocycles. The standard InChI is InChI=1S/C49H33NO3/c51-46-36-15-8-18-40-43(36)44-37(46)16-9-19-41(44)49(40)39-17-7-6-14-35(39)42-33-12-4-5-13-34(33)47-38(45(42)49)24-25-48(53-47,30-10-2-1-3-11-30)31-20-22-32(23-21-31)50-26-28-52-29-27-50/h1-25H,26-29H2. The molecule has 53 heavy (non-hydrogen) atoms. The molecule has 12 rings (SSSR count). The Morgan fingerprint density at radius 1 is 0.547 bits per heavy atom. The van der Waals surface area contributed by atoms with Crippen LogP contribution < -0.4 is 9.64 Å². The maximum absolute atomic E-state index is 13.8. The van der Waals surface area contributed by atoms with E-state index < -0.39 is 11.0 Å². The van der Waals surface area contributed by atoms with E-state index in [0.717, 1.165) is 76.4 Å². The maximum atomic E-state index is 13.8. The highest BCUT2D eigenvalue weighted by Gasteiger charge is 2.57. The van der Waals surface area contributed by atoms with Gasteiger partial charge in [0.25, 0.3) is 0 Å².